The number of rotatable bonds is 17. The van der Waals surface area contributed by atoms with Gasteiger partial charge in [-0.05, 0) is 12.8 Å². The molecule has 1 radical (unpaired) electrons. The fourth-order valence-corrected chi connectivity index (χ4v) is 2.49. The molecule has 0 aliphatic carbocycles. The fourth-order valence-electron chi connectivity index (χ4n) is 2.49. The second-order valence-corrected chi connectivity index (χ2v) is 6.07. The van der Waals surface area contributed by atoms with Crippen molar-refractivity contribution in [2.24, 2.45) is 0 Å². The normalized spacial score (nSPS) is 11.1. The number of unbranched alkanes of at least 4 members (excludes halogenated alkanes) is 13. The van der Waals surface area contributed by atoms with E-state index in [2.05, 4.69) is 13.8 Å². The van der Waals surface area contributed by atoms with E-state index in [0.29, 0.717) is 0 Å². The minimum absolute atomic E-state index is 0.928. The van der Waals surface area contributed by atoms with Gasteiger partial charge in [0.1, 0.15) is 0 Å². The van der Waals surface area contributed by atoms with E-state index in [1.165, 1.54) is 89.9 Å². The molecule has 0 rings (SSSR count). The van der Waals surface area contributed by atoms with Crippen molar-refractivity contribution in [1.82, 2.24) is 0 Å². The molecule has 1 nitrogen and oxygen atoms in total. The van der Waals surface area contributed by atoms with E-state index in [1.54, 1.807) is 0 Å². The Labute approximate surface area is 128 Å². The van der Waals surface area contributed by atoms with Crippen LogP contribution >= 0.6 is 0 Å². The highest BCUT2D eigenvalue weighted by Gasteiger charge is 1.94. The van der Waals surface area contributed by atoms with Crippen molar-refractivity contribution in [1.29, 1.82) is 0 Å². The van der Waals surface area contributed by atoms with E-state index in [1.807, 2.05) is 6.61 Å². The average Bonchev–Trinajstić information content (AvgIpc) is 2.47. The quantitative estimate of drug-likeness (QED) is 0.260. The van der Waals surface area contributed by atoms with Crippen LogP contribution in [0.25, 0.3) is 0 Å². The summed E-state index contributed by atoms with van der Waals surface area (Å²) in [5, 5.41) is 0. The lowest BCUT2D eigenvalue weighted by Crippen LogP contribution is -1.92. The highest BCUT2D eigenvalue weighted by molar-refractivity contribution is 4.53. The van der Waals surface area contributed by atoms with Crippen molar-refractivity contribution in [2.75, 3.05) is 6.61 Å². The summed E-state index contributed by atoms with van der Waals surface area (Å²) in [5.41, 5.74) is 0. The lowest BCUT2D eigenvalue weighted by atomic mass is 10.1. The molecular formula is C19H39O. The van der Waals surface area contributed by atoms with Crippen LogP contribution in [0.4, 0.5) is 0 Å². The number of hydrogen-bond acceptors (Lipinski definition) is 1. The van der Waals surface area contributed by atoms with Crippen LogP contribution < -0.4 is 0 Å². The monoisotopic (exact) mass is 283 g/mol. The molecule has 0 N–H and O–H groups in total. The molecule has 0 saturated carbocycles. The summed E-state index contributed by atoms with van der Waals surface area (Å²) in [6, 6.07) is 0. The molecule has 0 heterocycles. The third-order valence-electron chi connectivity index (χ3n) is 3.91. The number of ether oxygens (including phenoxy) is 1. The largest absolute Gasteiger partial charge is 0.376 e. The first-order valence-electron chi connectivity index (χ1n) is 9.35. The molecule has 0 aromatic rings. The van der Waals surface area contributed by atoms with Crippen molar-refractivity contribution in [3.05, 3.63) is 6.61 Å². The molecule has 1 heteroatoms. The van der Waals surface area contributed by atoms with Crippen molar-refractivity contribution < 1.29 is 4.74 Å². The van der Waals surface area contributed by atoms with Gasteiger partial charge in [-0.3, -0.25) is 0 Å². The van der Waals surface area contributed by atoms with Crippen LogP contribution in [0.15, 0.2) is 0 Å². The summed E-state index contributed by atoms with van der Waals surface area (Å²) < 4.78 is 5.54. The van der Waals surface area contributed by atoms with E-state index < -0.39 is 0 Å². The smallest absolute Gasteiger partial charge is 0.0836 e. The van der Waals surface area contributed by atoms with Gasteiger partial charge in [0, 0.05) is 6.61 Å². The van der Waals surface area contributed by atoms with Crippen LogP contribution in [0.3, 0.4) is 0 Å². The molecule has 0 atom stereocenters. The maximum absolute atomic E-state index is 5.54. The molecule has 0 bridgehead atoms. The molecule has 0 aliphatic rings. The molecule has 121 valence electrons. The van der Waals surface area contributed by atoms with Gasteiger partial charge in [0.2, 0.25) is 0 Å². The maximum atomic E-state index is 5.54. The maximum Gasteiger partial charge on any atom is 0.0836 e. The lowest BCUT2D eigenvalue weighted by molar-refractivity contribution is 0.184. The van der Waals surface area contributed by atoms with Crippen molar-refractivity contribution >= 4 is 0 Å². The molecule has 0 aromatic carbocycles. The Morgan fingerprint density at radius 1 is 0.550 bits per heavy atom. The second kappa shape index (κ2) is 19.0. The predicted octanol–water partition coefficient (Wildman–Crippen LogP) is 7.06. The highest BCUT2D eigenvalue weighted by atomic mass is 16.5. The van der Waals surface area contributed by atoms with Gasteiger partial charge in [-0.25, -0.2) is 0 Å². The zero-order chi connectivity index (χ0) is 14.7. The van der Waals surface area contributed by atoms with Crippen LogP contribution in [0.5, 0.6) is 0 Å². The minimum Gasteiger partial charge on any atom is -0.376 e. The van der Waals surface area contributed by atoms with E-state index in [-0.39, 0.29) is 0 Å². The third kappa shape index (κ3) is 18.0. The Morgan fingerprint density at radius 2 is 1.00 bits per heavy atom. The minimum atomic E-state index is 0.928. The summed E-state index contributed by atoms with van der Waals surface area (Å²) >= 11 is 0. The molecule has 0 unspecified atom stereocenters. The Morgan fingerprint density at radius 3 is 1.55 bits per heavy atom. The molecule has 20 heavy (non-hydrogen) atoms. The fraction of sp³-hybridized carbons (Fsp3) is 0.947. The molecule has 0 amide bonds. The van der Waals surface area contributed by atoms with Crippen LogP contribution in [0, 0.1) is 6.61 Å². The van der Waals surface area contributed by atoms with Crippen LogP contribution in [0.2, 0.25) is 0 Å². The van der Waals surface area contributed by atoms with E-state index in [4.69, 9.17) is 4.74 Å². The van der Waals surface area contributed by atoms with Gasteiger partial charge in [-0.15, -0.1) is 0 Å². The highest BCUT2D eigenvalue weighted by Crippen LogP contribution is 2.12. The van der Waals surface area contributed by atoms with Crippen molar-refractivity contribution in [2.45, 2.75) is 110 Å². The lowest BCUT2D eigenvalue weighted by Gasteiger charge is -2.04. The SMILES string of the molecule is CCCCCCCCCCCC[CH]OCCCCCC. The average molecular weight is 284 g/mol. The molecule has 0 aliphatic heterocycles. The van der Waals surface area contributed by atoms with Gasteiger partial charge in [0.25, 0.3) is 0 Å². The first-order chi connectivity index (χ1) is 9.91. The van der Waals surface area contributed by atoms with Gasteiger partial charge in [0.05, 0.1) is 6.61 Å². The van der Waals surface area contributed by atoms with Gasteiger partial charge < -0.3 is 4.74 Å². The standard InChI is InChI=1S/C19H39O/c1-3-5-7-9-10-11-12-13-14-15-17-19-20-18-16-8-6-4-2/h19H,3-18H2,1-2H3. The Kier molecular flexibility index (Phi) is 18.9. The zero-order valence-electron chi connectivity index (χ0n) is 14.3. The van der Waals surface area contributed by atoms with E-state index >= 15 is 0 Å². The Hall–Kier alpha value is -0.0400. The zero-order valence-corrected chi connectivity index (χ0v) is 14.3. The Balaban J connectivity index is 2.89. The van der Waals surface area contributed by atoms with Crippen LogP contribution in [0.1, 0.15) is 110 Å². The van der Waals surface area contributed by atoms with E-state index in [9.17, 15) is 0 Å². The van der Waals surface area contributed by atoms with Gasteiger partial charge in [0.15, 0.2) is 0 Å². The Bertz CT molecular complexity index is 138. The molecule has 0 aromatic heterocycles. The predicted molar refractivity (Wildman–Crippen MR) is 90.9 cm³/mol. The van der Waals surface area contributed by atoms with Gasteiger partial charge in [-0.1, -0.05) is 97.3 Å². The second-order valence-electron chi connectivity index (χ2n) is 6.07. The molecule has 0 spiro atoms. The summed E-state index contributed by atoms with van der Waals surface area (Å²) in [5.74, 6) is 0. The van der Waals surface area contributed by atoms with Crippen molar-refractivity contribution in [3.63, 3.8) is 0 Å². The van der Waals surface area contributed by atoms with Crippen LogP contribution in [-0.2, 0) is 4.74 Å². The first kappa shape index (κ1) is 20.0. The van der Waals surface area contributed by atoms with E-state index in [0.717, 1.165) is 13.0 Å². The molecule has 0 fully saturated rings. The van der Waals surface area contributed by atoms with Crippen LogP contribution in [-0.4, -0.2) is 6.61 Å². The molecule has 0 saturated heterocycles. The van der Waals surface area contributed by atoms with Gasteiger partial charge in [-0.2, -0.15) is 0 Å². The topological polar surface area (TPSA) is 9.23 Å². The number of hydrogen-bond donors (Lipinski definition) is 0. The summed E-state index contributed by atoms with van der Waals surface area (Å²) in [6.07, 6.45) is 20.5. The first-order valence-corrected chi connectivity index (χ1v) is 9.35. The summed E-state index contributed by atoms with van der Waals surface area (Å²) in [4.78, 5) is 0. The molecular weight excluding hydrogens is 244 g/mol. The summed E-state index contributed by atoms with van der Waals surface area (Å²) in [6.45, 7) is 7.50. The summed E-state index contributed by atoms with van der Waals surface area (Å²) in [7, 11) is 0. The van der Waals surface area contributed by atoms with Crippen molar-refractivity contribution in [3.8, 4) is 0 Å². The van der Waals surface area contributed by atoms with Gasteiger partial charge >= 0.3 is 0 Å². The third-order valence-corrected chi connectivity index (χ3v) is 3.91.